The van der Waals surface area contributed by atoms with E-state index in [2.05, 4.69) is 15.1 Å². The van der Waals surface area contributed by atoms with Gasteiger partial charge in [0.05, 0.1) is 16.6 Å². The van der Waals surface area contributed by atoms with Gasteiger partial charge in [0, 0.05) is 26.1 Å². The summed E-state index contributed by atoms with van der Waals surface area (Å²) in [4.78, 5) is 37.5. The van der Waals surface area contributed by atoms with Crippen LogP contribution < -0.4 is 0 Å². The van der Waals surface area contributed by atoms with Gasteiger partial charge in [-0.15, -0.1) is 0 Å². The van der Waals surface area contributed by atoms with Gasteiger partial charge in [-0.1, -0.05) is 11.6 Å². The highest BCUT2D eigenvalue weighted by Crippen LogP contribution is 2.43. The molecule has 1 spiro atoms. The van der Waals surface area contributed by atoms with Gasteiger partial charge in [0.15, 0.2) is 0 Å². The molecule has 1 unspecified atom stereocenters. The Labute approximate surface area is 168 Å². The van der Waals surface area contributed by atoms with E-state index in [1.165, 1.54) is 19.0 Å². The summed E-state index contributed by atoms with van der Waals surface area (Å²) in [6, 6.07) is 0. The van der Waals surface area contributed by atoms with Crippen molar-refractivity contribution in [3.05, 3.63) is 16.9 Å². The van der Waals surface area contributed by atoms with Crippen LogP contribution in [0, 0.1) is 5.41 Å². The Kier molecular flexibility index (Phi) is 6.56. The fourth-order valence-electron chi connectivity index (χ4n) is 4.32. The number of piperidine rings is 1. The summed E-state index contributed by atoms with van der Waals surface area (Å²) in [5, 5.41) is 13.7. The van der Waals surface area contributed by atoms with Crippen molar-refractivity contribution in [3.63, 3.8) is 0 Å². The lowest BCUT2D eigenvalue weighted by Crippen LogP contribution is -2.45. The van der Waals surface area contributed by atoms with Gasteiger partial charge in [-0.3, -0.25) is 24.4 Å². The second-order valence-electron chi connectivity index (χ2n) is 7.51. The second-order valence-corrected chi connectivity index (χ2v) is 7.92. The van der Waals surface area contributed by atoms with E-state index < -0.39 is 5.41 Å². The normalized spacial score (nSPS) is 24.0. The highest BCUT2D eigenvalue weighted by atomic mass is 35.5. The first-order valence-corrected chi connectivity index (χ1v) is 9.86. The van der Waals surface area contributed by atoms with E-state index in [0.29, 0.717) is 36.6 Å². The fraction of sp³-hybridized carbons (Fsp3) is 0.667. The number of carboxylic acid groups (broad SMARTS) is 1. The van der Waals surface area contributed by atoms with Crippen molar-refractivity contribution < 1.29 is 24.2 Å². The molecule has 1 aromatic heterocycles. The Hall–Kier alpha value is -2.13. The first-order valence-electron chi connectivity index (χ1n) is 9.48. The van der Waals surface area contributed by atoms with E-state index in [0.717, 1.165) is 26.1 Å². The van der Waals surface area contributed by atoms with Gasteiger partial charge in [-0.25, -0.2) is 0 Å². The topological polar surface area (TPSA) is 116 Å². The average Bonchev–Trinajstić information content (AvgIpc) is 3.39. The molecule has 10 heteroatoms. The number of hydrogen-bond acceptors (Lipinski definition) is 6. The summed E-state index contributed by atoms with van der Waals surface area (Å²) >= 11 is 5.98. The van der Waals surface area contributed by atoms with Gasteiger partial charge in [-0.2, -0.15) is 5.10 Å². The molecule has 0 aliphatic carbocycles. The monoisotopic (exact) mass is 412 g/mol. The number of carbonyl (C=O) groups is 3. The molecular formula is C18H25ClN4O5. The lowest BCUT2D eigenvalue weighted by molar-refractivity contribution is -0.151. The summed E-state index contributed by atoms with van der Waals surface area (Å²) in [7, 11) is 0. The van der Waals surface area contributed by atoms with Crippen LogP contribution in [0.15, 0.2) is 6.20 Å². The molecular weight excluding hydrogens is 388 g/mol. The zero-order valence-electron chi connectivity index (χ0n) is 15.6. The molecule has 9 nitrogen and oxygen atoms in total. The summed E-state index contributed by atoms with van der Waals surface area (Å²) in [6.45, 7) is 3.89. The van der Waals surface area contributed by atoms with Crippen LogP contribution in [0.25, 0.3) is 0 Å². The predicted molar refractivity (Wildman–Crippen MR) is 100 cm³/mol. The zero-order chi connectivity index (χ0) is 20.1. The van der Waals surface area contributed by atoms with Crippen LogP contribution in [0.3, 0.4) is 0 Å². The molecule has 0 bridgehead atoms. The van der Waals surface area contributed by atoms with Crippen molar-refractivity contribution >= 4 is 29.9 Å². The van der Waals surface area contributed by atoms with Crippen LogP contribution in [-0.4, -0.2) is 82.3 Å². The van der Waals surface area contributed by atoms with Gasteiger partial charge in [-0.05, 0) is 38.8 Å². The summed E-state index contributed by atoms with van der Waals surface area (Å²) in [5.41, 5.74) is -0.0996. The average molecular weight is 413 g/mol. The largest absolute Gasteiger partial charge is 0.483 e. The van der Waals surface area contributed by atoms with Crippen molar-refractivity contribution in [1.82, 2.24) is 20.0 Å². The number of hydrogen-bond donors (Lipinski definition) is 2. The molecule has 3 fully saturated rings. The third-order valence-electron chi connectivity index (χ3n) is 5.80. The third kappa shape index (κ3) is 4.30. The smallest absolute Gasteiger partial charge is 0.312 e. The molecule has 1 aromatic rings. The molecule has 1 atom stereocenters. The van der Waals surface area contributed by atoms with Gasteiger partial charge in [0.1, 0.15) is 11.8 Å². The number of esters is 1. The maximum Gasteiger partial charge on any atom is 0.312 e. The standard InChI is InChI=1S/C17H23ClN4O3.CH2O2/c18-13-10-19-20-14(13)15(23)22-7-3-17(4-8-22)9-12(25-16(17)24)11-21-5-1-2-6-21;2-1-3/h10,12H,1-9,11H2,(H,19,20);1H,(H,2,3). The number of amides is 1. The number of cyclic esters (lactones) is 1. The van der Waals surface area contributed by atoms with E-state index in [-0.39, 0.29) is 24.5 Å². The van der Waals surface area contributed by atoms with Crippen molar-refractivity contribution in [2.75, 3.05) is 32.7 Å². The zero-order valence-corrected chi connectivity index (χ0v) is 16.4. The summed E-state index contributed by atoms with van der Waals surface area (Å²) in [6.07, 6.45) is 5.97. The number of carbonyl (C=O) groups excluding carboxylic acids is 2. The third-order valence-corrected chi connectivity index (χ3v) is 6.09. The van der Waals surface area contributed by atoms with Gasteiger partial charge in [0.25, 0.3) is 12.4 Å². The maximum atomic E-state index is 12.5. The molecule has 28 heavy (non-hydrogen) atoms. The van der Waals surface area contributed by atoms with Gasteiger partial charge < -0.3 is 14.7 Å². The lowest BCUT2D eigenvalue weighted by atomic mass is 9.76. The Bertz CT molecular complexity index is 711. The molecule has 154 valence electrons. The van der Waals surface area contributed by atoms with Crippen molar-refractivity contribution in [3.8, 4) is 0 Å². The molecule has 2 N–H and O–H groups in total. The van der Waals surface area contributed by atoms with Crippen LogP contribution in [0.2, 0.25) is 5.02 Å². The van der Waals surface area contributed by atoms with Crippen molar-refractivity contribution in [2.45, 2.75) is 38.2 Å². The van der Waals surface area contributed by atoms with Gasteiger partial charge in [0.2, 0.25) is 0 Å². The first-order chi connectivity index (χ1) is 13.5. The molecule has 3 saturated heterocycles. The molecule has 4 heterocycles. The number of rotatable bonds is 3. The van der Waals surface area contributed by atoms with Crippen LogP contribution in [-0.2, 0) is 14.3 Å². The molecule has 3 aliphatic rings. The van der Waals surface area contributed by atoms with E-state index in [1.54, 1.807) is 4.90 Å². The number of H-pyrrole nitrogens is 1. The molecule has 3 aliphatic heterocycles. The highest BCUT2D eigenvalue weighted by molar-refractivity contribution is 6.33. The minimum absolute atomic E-state index is 0.00472. The number of nitrogens with one attached hydrogen (secondary N) is 1. The van der Waals surface area contributed by atoms with Gasteiger partial charge >= 0.3 is 5.97 Å². The highest BCUT2D eigenvalue weighted by Gasteiger charge is 2.51. The van der Waals surface area contributed by atoms with E-state index >= 15 is 0 Å². The minimum Gasteiger partial charge on any atom is -0.483 e. The number of aromatic nitrogens is 2. The Morgan fingerprint density at radius 2 is 2.00 bits per heavy atom. The molecule has 4 rings (SSSR count). The number of nitrogens with zero attached hydrogens (tertiary/aromatic N) is 3. The molecule has 1 amide bonds. The quantitative estimate of drug-likeness (QED) is 0.569. The summed E-state index contributed by atoms with van der Waals surface area (Å²) < 4.78 is 5.68. The Balaban J connectivity index is 0.000000706. The SMILES string of the molecule is O=C(c1[nH]ncc1Cl)N1CCC2(CC1)CC(CN1CCCC1)OC2=O.O=CO. The van der Waals surface area contributed by atoms with E-state index in [4.69, 9.17) is 26.2 Å². The first kappa shape index (κ1) is 20.6. The Morgan fingerprint density at radius 3 is 2.57 bits per heavy atom. The van der Waals surface area contributed by atoms with E-state index in [1.807, 2.05) is 0 Å². The molecule has 0 saturated carbocycles. The van der Waals surface area contributed by atoms with Crippen LogP contribution in [0.5, 0.6) is 0 Å². The number of halogens is 1. The second kappa shape index (κ2) is 8.91. The Morgan fingerprint density at radius 1 is 1.36 bits per heavy atom. The van der Waals surface area contributed by atoms with E-state index in [9.17, 15) is 9.59 Å². The fourth-order valence-corrected chi connectivity index (χ4v) is 4.49. The van der Waals surface area contributed by atoms with Crippen molar-refractivity contribution in [2.24, 2.45) is 5.41 Å². The van der Waals surface area contributed by atoms with Crippen LogP contribution >= 0.6 is 11.6 Å². The number of ether oxygens (including phenoxy) is 1. The predicted octanol–water partition coefficient (Wildman–Crippen LogP) is 1.40. The number of likely N-dealkylation sites (tertiary alicyclic amines) is 2. The van der Waals surface area contributed by atoms with Crippen LogP contribution in [0.4, 0.5) is 0 Å². The maximum absolute atomic E-state index is 12.5. The number of aromatic amines is 1. The molecule has 0 aromatic carbocycles. The molecule has 0 radical (unpaired) electrons. The van der Waals surface area contributed by atoms with Crippen molar-refractivity contribution in [1.29, 1.82) is 0 Å². The lowest BCUT2D eigenvalue weighted by Gasteiger charge is -2.36. The summed E-state index contributed by atoms with van der Waals surface area (Å²) in [5.74, 6) is -0.235. The van der Waals surface area contributed by atoms with Crippen LogP contribution in [0.1, 0.15) is 42.6 Å². The minimum atomic E-state index is -0.418.